The van der Waals surface area contributed by atoms with Crippen molar-refractivity contribution in [1.82, 2.24) is 15.3 Å². The first-order chi connectivity index (χ1) is 14.0. The second-order valence-electron chi connectivity index (χ2n) is 7.02. The summed E-state index contributed by atoms with van der Waals surface area (Å²) in [6, 6.07) is 4.72. The maximum absolute atomic E-state index is 14.9. The molecule has 0 spiro atoms. The molecule has 3 aliphatic rings. The van der Waals surface area contributed by atoms with Crippen LogP contribution in [0.1, 0.15) is 0 Å². The van der Waals surface area contributed by atoms with Crippen LogP contribution in [0.5, 0.6) is 0 Å². The van der Waals surface area contributed by atoms with Crippen molar-refractivity contribution in [2.24, 2.45) is 0 Å². The highest BCUT2D eigenvalue weighted by molar-refractivity contribution is 7.80. The summed E-state index contributed by atoms with van der Waals surface area (Å²) < 4.78 is 25.0. The third-order valence-corrected chi connectivity index (χ3v) is 5.59. The lowest BCUT2D eigenvalue weighted by molar-refractivity contribution is -0.174. The maximum Gasteiger partial charge on any atom is 0.414 e. The lowest BCUT2D eigenvalue weighted by Crippen LogP contribution is -2.61. The Morgan fingerprint density at radius 1 is 1.31 bits per heavy atom. The number of fused-ring (bicyclic) bond motifs is 1. The number of halogens is 1. The number of cyclic esters (lactones) is 1. The summed E-state index contributed by atoms with van der Waals surface area (Å²) in [4.78, 5) is 27.1. The Morgan fingerprint density at radius 2 is 2.10 bits per heavy atom. The number of anilines is 2. The Hall–Kier alpha value is -2.66. The molecule has 156 valence electrons. The molecule has 1 atom stereocenters. The normalized spacial score (nSPS) is 22.0. The van der Waals surface area contributed by atoms with E-state index in [1.807, 2.05) is 9.91 Å². The molecule has 9 nitrogen and oxygen atoms in total. The number of benzene rings is 1. The molecule has 0 unspecified atom stereocenters. The zero-order valence-electron chi connectivity index (χ0n) is 16.0. The predicted octanol–water partition coefficient (Wildman–Crippen LogP) is 0.551. The first-order valence-electron chi connectivity index (χ1n) is 9.36. The van der Waals surface area contributed by atoms with Gasteiger partial charge in [0.1, 0.15) is 11.9 Å². The summed E-state index contributed by atoms with van der Waals surface area (Å²) in [5, 5.41) is 6.74. The van der Waals surface area contributed by atoms with E-state index in [1.54, 1.807) is 17.1 Å². The Bertz CT molecular complexity index is 840. The van der Waals surface area contributed by atoms with Gasteiger partial charge in [-0.25, -0.2) is 14.2 Å². The van der Waals surface area contributed by atoms with Crippen LogP contribution in [0.3, 0.4) is 0 Å². The Kier molecular flexibility index (Phi) is 5.41. The molecule has 11 heteroatoms. The number of carbonyl (C=O) groups excluding carboxylic acids is 2. The van der Waals surface area contributed by atoms with Gasteiger partial charge >= 0.3 is 6.09 Å². The van der Waals surface area contributed by atoms with E-state index in [-0.39, 0.29) is 17.6 Å². The summed E-state index contributed by atoms with van der Waals surface area (Å²) in [5.74, 6) is -0.312. The van der Waals surface area contributed by atoms with E-state index in [9.17, 15) is 14.0 Å². The fraction of sp³-hybridized carbons (Fsp3) is 0.500. The molecule has 0 bridgehead atoms. The van der Waals surface area contributed by atoms with Crippen molar-refractivity contribution in [2.45, 2.75) is 6.10 Å². The first kappa shape index (κ1) is 19.6. The van der Waals surface area contributed by atoms with Crippen molar-refractivity contribution in [1.29, 1.82) is 0 Å². The highest BCUT2D eigenvalue weighted by Crippen LogP contribution is 2.29. The van der Waals surface area contributed by atoms with Crippen LogP contribution in [0.25, 0.3) is 0 Å². The molecule has 0 aromatic heterocycles. The number of hydrazine groups is 1. The zero-order valence-corrected chi connectivity index (χ0v) is 16.8. The average Bonchev–Trinajstić information content (AvgIpc) is 2.98. The highest BCUT2D eigenvalue weighted by atomic mass is 32.1. The van der Waals surface area contributed by atoms with Gasteiger partial charge in [0.15, 0.2) is 0 Å². The van der Waals surface area contributed by atoms with E-state index in [1.165, 1.54) is 18.1 Å². The molecule has 3 heterocycles. The molecular weight excluding hydrogens is 401 g/mol. The molecule has 0 saturated carbocycles. The average molecular weight is 423 g/mol. The highest BCUT2D eigenvalue weighted by Gasteiger charge is 2.36. The van der Waals surface area contributed by atoms with Gasteiger partial charge in [-0.2, -0.15) is 0 Å². The van der Waals surface area contributed by atoms with E-state index in [0.717, 1.165) is 0 Å². The second-order valence-corrected chi connectivity index (χ2v) is 7.39. The van der Waals surface area contributed by atoms with Crippen LogP contribution in [0.15, 0.2) is 18.2 Å². The number of hydrogen-bond acceptors (Lipinski definition) is 7. The molecule has 29 heavy (non-hydrogen) atoms. The number of hydrogen-bond donors (Lipinski definition) is 1. The van der Waals surface area contributed by atoms with E-state index in [4.69, 9.17) is 21.7 Å². The number of rotatable bonds is 4. The van der Waals surface area contributed by atoms with E-state index >= 15 is 0 Å². The Labute approximate surface area is 172 Å². The number of methoxy groups -OCH3 is 1. The van der Waals surface area contributed by atoms with Gasteiger partial charge in [0.2, 0.25) is 0 Å². The lowest BCUT2D eigenvalue weighted by Gasteiger charge is -2.41. The molecular formula is C18H22FN5O4S. The van der Waals surface area contributed by atoms with Gasteiger partial charge in [-0.1, -0.05) is 0 Å². The number of ether oxygens (including phenoxy) is 2. The molecule has 2 amide bonds. The van der Waals surface area contributed by atoms with Gasteiger partial charge in [0.25, 0.3) is 11.1 Å². The van der Waals surface area contributed by atoms with Crippen molar-refractivity contribution in [3.63, 3.8) is 0 Å². The van der Waals surface area contributed by atoms with Crippen molar-refractivity contribution >= 4 is 40.8 Å². The summed E-state index contributed by atoms with van der Waals surface area (Å²) in [6.07, 6.45) is -0.946. The van der Waals surface area contributed by atoms with Gasteiger partial charge in [0.05, 0.1) is 44.7 Å². The summed E-state index contributed by atoms with van der Waals surface area (Å²) in [7, 11) is 1.45. The van der Waals surface area contributed by atoms with E-state index in [2.05, 4.69) is 5.32 Å². The molecule has 3 fully saturated rings. The third kappa shape index (κ3) is 3.92. The van der Waals surface area contributed by atoms with Gasteiger partial charge in [-0.3, -0.25) is 14.7 Å². The zero-order chi connectivity index (χ0) is 20.5. The molecule has 1 aromatic carbocycles. The van der Waals surface area contributed by atoms with Gasteiger partial charge < -0.3 is 19.7 Å². The Balaban J connectivity index is 1.41. The van der Waals surface area contributed by atoms with Crippen LogP contribution in [0.2, 0.25) is 0 Å². The van der Waals surface area contributed by atoms with Crippen molar-refractivity contribution < 1.29 is 23.5 Å². The smallest absolute Gasteiger partial charge is 0.414 e. The van der Waals surface area contributed by atoms with Crippen molar-refractivity contribution in [2.75, 3.05) is 62.7 Å². The minimum atomic E-state index is -0.530. The predicted molar refractivity (Wildman–Crippen MR) is 107 cm³/mol. The minimum Gasteiger partial charge on any atom is -0.474 e. The number of carbonyl (C=O) groups is 2. The minimum absolute atomic E-state index is 0.102. The monoisotopic (exact) mass is 423 g/mol. The Morgan fingerprint density at radius 3 is 2.83 bits per heavy atom. The lowest BCUT2D eigenvalue weighted by atomic mass is 10.2. The fourth-order valence-electron chi connectivity index (χ4n) is 3.70. The van der Waals surface area contributed by atoms with Gasteiger partial charge in [-0.15, -0.1) is 0 Å². The van der Waals surface area contributed by atoms with Crippen LogP contribution in [-0.4, -0.2) is 86.2 Å². The SMILES string of the molecule is COC(=S)NC[C@H]1CN(c2ccc(N3CCN4CC(=O)N4CC3)c(F)c2)C(=O)O1. The molecule has 1 N–H and O–H groups in total. The quantitative estimate of drug-likeness (QED) is 0.704. The number of nitrogens with one attached hydrogen (secondary N) is 1. The molecule has 3 aliphatic heterocycles. The summed E-state index contributed by atoms with van der Waals surface area (Å²) in [6.45, 7) is 3.41. The molecule has 0 aliphatic carbocycles. The summed E-state index contributed by atoms with van der Waals surface area (Å²) in [5.41, 5.74) is 0.895. The van der Waals surface area contributed by atoms with Crippen LogP contribution < -0.4 is 15.1 Å². The van der Waals surface area contributed by atoms with Crippen LogP contribution in [0, 0.1) is 5.82 Å². The van der Waals surface area contributed by atoms with E-state index in [0.29, 0.717) is 50.6 Å². The standard InChI is InChI=1S/C18H22FN5O4S/c1-27-17(29)20-9-13-10-23(18(26)28-13)12-2-3-15(14(19)8-12)21-4-6-22-11-16(25)24(22)7-5-21/h2-3,8,13H,4-7,9-11H2,1H3,(H,20,29)/t13-/m0/s1. The van der Waals surface area contributed by atoms with Crippen LogP contribution in [-0.2, 0) is 14.3 Å². The topological polar surface area (TPSA) is 77.6 Å². The number of thiocarbonyl (C=S) groups is 1. The molecule has 1 aromatic rings. The molecule has 0 radical (unpaired) electrons. The van der Waals surface area contributed by atoms with Crippen molar-refractivity contribution in [3.05, 3.63) is 24.0 Å². The fourth-order valence-corrected chi connectivity index (χ4v) is 3.78. The van der Waals surface area contributed by atoms with Crippen LogP contribution in [0.4, 0.5) is 20.6 Å². The van der Waals surface area contributed by atoms with Gasteiger partial charge in [-0.05, 0) is 30.4 Å². The first-order valence-corrected chi connectivity index (χ1v) is 9.77. The molecule has 3 saturated heterocycles. The number of nitrogens with zero attached hydrogens (tertiary/aromatic N) is 4. The second kappa shape index (κ2) is 7.99. The molecule has 4 rings (SSSR count). The maximum atomic E-state index is 14.9. The number of amides is 2. The van der Waals surface area contributed by atoms with Crippen LogP contribution >= 0.6 is 12.2 Å². The van der Waals surface area contributed by atoms with Gasteiger partial charge in [0, 0.05) is 19.6 Å². The van der Waals surface area contributed by atoms with Crippen molar-refractivity contribution in [3.8, 4) is 0 Å². The van der Waals surface area contributed by atoms with E-state index < -0.39 is 18.0 Å². The third-order valence-electron chi connectivity index (χ3n) is 5.27. The summed E-state index contributed by atoms with van der Waals surface area (Å²) >= 11 is 4.90. The largest absolute Gasteiger partial charge is 0.474 e.